The van der Waals surface area contributed by atoms with E-state index in [-0.39, 0.29) is 23.7 Å². The van der Waals surface area contributed by atoms with Gasteiger partial charge in [-0.1, -0.05) is 0 Å². The smallest absolute Gasteiger partial charge is 0.395 e. The Balaban J connectivity index is 1.59. The molecule has 23 heavy (non-hydrogen) atoms. The maximum Gasteiger partial charge on any atom is 0.586 e. The van der Waals surface area contributed by atoms with Gasteiger partial charge in [-0.05, 0) is 34.5 Å². The summed E-state index contributed by atoms with van der Waals surface area (Å²) in [6.45, 7) is 0.225. The molecule has 2 aromatic rings. The Morgan fingerprint density at radius 3 is 2.65 bits per heavy atom. The van der Waals surface area contributed by atoms with Gasteiger partial charge in [-0.3, -0.25) is 9.59 Å². The van der Waals surface area contributed by atoms with Crippen LogP contribution in [-0.2, 0) is 16.1 Å². The number of fused-ring (bicyclic) bond motifs is 1. The van der Waals surface area contributed by atoms with Gasteiger partial charge in [-0.15, -0.1) is 8.78 Å². The predicted molar refractivity (Wildman–Crippen MR) is 77.4 cm³/mol. The lowest BCUT2D eigenvalue weighted by molar-refractivity contribution is -0.286. The minimum atomic E-state index is -3.73. The molecule has 1 aromatic heterocycles. The van der Waals surface area contributed by atoms with Crippen molar-refractivity contribution in [1.29, 1.82) is 0 Å². The van der Waals surface area contributed by atoms with Gasteiger partial charge >= 0.3 is 18.1 Å². The first-order chi connectivity index (χ1) is 10.9. The highest BCUT2D eigenvalue weighted by atomic mass is 32.1. The maximum atomic E-state index is 12.9. The second-order valence-corrected chi connectivity index (χ2v) is 5.38. The van der Waals surface area contributed by atoms with Crippen LogP contribution in [0.1, 0.15) is 5.56 Å². The molecule has 2 N–H and O–H groups in total. The van der Waals surface area contributed by atoms with E-state index >= 15 is 0 Å². The molecule has 0 unspecified atom stereocenters. The molecule has 6 nitrogen and oxygen atoms in total. The van der Waals surface area contributed by atoms with Gasteiger partial charge in [0.25, 0.3) is 0 Å². The number of nitrogens with one attached hydrogen (secondary N) is 2. The Labute approximate surface area is 133 Å². The first-order valence-corrected chi connectivity index (χ1v) is 7.37. The second kappa shape index (κ2) is 5.84. The lowest BCUT2D eigenvalue weighted by atomic mass is 10.2. The topological polar surface area (TPSA) is 76.7 Å². The molecular weight excluding hydrogens is 330 g/mol. The van der Waals surface area contributed by atoms with Crippen LogP contribution in [0.15, 0.2) is 35.0 Å². The number of rotatable bonds is 3. The summed E-state index contributed by atoms with van der Waals surface area (Å²) < 4.78 is 34.3. The highest BCUT2D eigenvalue weighted by Crippen LogP contribution is 2.42. The summed E-state index contributed by atoms with van der Waals surface area (Å²) >= 11 is 1.47. The molecule has 2 heterocycles. The Kier molecular flexibility index (Phi) is 3.87. The molecule has 0 fully saturated rings. The molecular formula is C14H10F2N2O4S. The van der Waals surface area contributed by atoms with Gasteiger partial charge in [0, 0.05) is 18.3 Å². The summed E-state index contributed by atoms with van der Waals surface area (Å²) in [5, 5.41) is 8.44. The van der Waals surface area contributed by atoms with Crippen molar-refractivity contribution in [1.82, 2.24) is 5.32 Å². The molecule has 0 atom stereocenters. The molecule has 1 aromatic carbocycles. The third-order valence-electron chi connectivity index (χ3n) is 2.90. The summed E-state index contributed by atoms with van der Waals surface area (Å²) in [5.74, 6) is -2.11. The molecule has 0 aliphatic carbocycles. The molecule has 0 bridgehead atoms. The first kappa shape index (κ1) is 15.2. The maximum absolute atomic E-state index is 12.9. The number of hydrogen-bond donors (Lipinski definition) is 2. The van der Waals surface area contributed by atoms with E-state index in [2.05, 4.69) is 20.1 Å². The van der Waals surface area contributed by atoms with E-state index in [0.717, 1.165) is 11.6 Å². The van der Waals surface area contributed by atoms with Crippen LogP contribution in [0.25, 0.3) is 0 Å². The van der Waals surface area contributed by atoms with E-state index in [1.165, 1.54) is 23.5 Å². The minimum Gasteiger partial charge on any atom is -0.395 e. The van der Waals surface area contributed by atoms with Gasteiger partial charge in [0.05, 0.1) is 0 Å². The Hall–Kier alpha value is -2.68. The van der Waals surface area contributed by atoms with Crippen molar-refractivity contribution in [3.8, 4) is 11.5 Å². The number of thiophene rings is 1. The fraction of sp³-hybridized carbons (Fsp3) is 0.143. The van der Waals surface area contributed by atoms with Crippen molar-refractivity contribution < 1.29 is 27.8 Å². The van der Waals surface area contributed by atoms with Crippen LogP contribution in [0, 0.1) is 0 Å². The Morgan fingerprint density at radius 2 is 1.91 bits per heavy atom. The van der Waals surface area contributed by atoms with Crippen LogP contribution in [0.3, 0.4) is 0 Å². The van der Waals surface area contributed by atoms with E-state index in [1.807, 2.05) is 16.8 Å². The van der Waals surface area contributed by atoms with Gasteiger partial charge in [0.2, 0.25) is 0 Å². The van der Waals surface area contributed by atoms with Crippen molar-refractivity contribution >= 4 is 28.8 Å². The van der Waals surface area contributed by atoms with Crippen LogP contribution in [0.4, 0.5) is 14.5 Å². The zero-order valence-corrected chi connectivity index (χ0v) is 12.3. The van der Waals surface area contributed by atoms with Crippen molar-refractivity contribution in [2.45, 2.75) is 12.8 Å². The van der Waals surface area contributed by atoms with Crippen LogP contribution >= 0.6 is 11.3 Å². The molecule has 1 aliphatic heterocycles. The minimum absolute atomic E-state index is 0.140. The largest absolute Gasteiger partial charge is 0.586 e. The number of amides is 2. The molecule has 0 spiro atoms. The van der Waals surface area contributed by atoms with Crippen LogP contribution in [0.5, 0.6) is 11.5 Å². The first-order valence-electron chi connectivity index (χ1n) is 6.43. The third kappa shape index (κ3) is 3.57. The van der Waals surface area contributed by atoms with E-state index in [1.54, 1.807) is 0 Å². The number of carbonyl (C=O) groups is 2. The molecule has 120 valence electrons. The zero-order valence-electron chi connectivity index (χ0n) is 11.5. The van der Waals surface area contributed by atoms with E-state index in [4.69, 9.17) is 0 Å². The summed E-state index contributed by atoms with van der Waals surface area (Å²) in [6, 6.07) is 5.52. The highest BCUT2D eigenvalue weighted by molar-refractivity contribution is 7.07. The van der Waals surface area contributed by atoms with Gasteiger partial charge in [0.15, 0.2) is 11.5 Å². The lowest BCUT2D eigenvalue weighted by Gasteiger charge is -2.06. The van der Waals surface area contributed by atoms with Crippen molar-refractivity contribution in [3.05, 3.63) is 40.6 Å². The summed E-state index contributed by atoms with van der Waals surface area (Å²) in [4.78, 5) is 23.4. The molecule has 9 heteroatoms. The Bertz CT molecular complexity index is 749. The van der Waals surface area contributed by atoms with Crippen molar-refractivity contribution in [2.75, 3.05) is 5.32 Å². The summed E-state index contributed by atoms with van der Waals surface area (Å²) in [5.41, 5.74) is 1.02. The molecule has 0 radical (unpaired) electrons. The van der Waals surface area contributed by atoms with Crippen molar-refractivity contribution in [2.24, 2.45) is 0 Å². The lowest BCUT2D eigenvalue weighted by Crippen LogP contribution is -2.34. The van der Waals surface area contributed by atoms with Gasteiger partial charge in [0.1, 0.15) is 0 Å². The van der Waals surface area contributed by atoms with Gasteiger partial charge in [-0.2, -0.15) is 11.3 Å². The molecule has 3 rings (SSSR count). The standard InChI is InChI=1S/C14H10F2N2O4S/c15-14(16)21-10-2-1-9(5-11(10)22-14)18-13(20)12(19)17-6-8-3-4-23-7-8/h1-5,7H,6H2,(H,17,19)(H,18,20). The van der Waals surface area contributed by atoms with Crippen LogP contribution in [0.2, 0.25) is 0 Å². The van der Waals surface area contributed by atoms with E-state index < -0.39 is 18.1 Å². The third-order valence-corrected chi connectivity index (χ3v) is 3.63. The number of ether oxygens (including phenoxy) is 2. The zero-order chi connectivity index (χ0) is 16.4. The number of anilines is 1. The van der Waals surface area contributed by atoms with Crippen molar-refractivity contribution in [3.63, 3.8) is 0 Å². The van der Waals surface area contributed by atoms with E-state index in [9.17, 15) is 18.4 Å². The van der Waals surface area contributed by atoms with Crippen LogP contribution in [-0.4, -0.2) is 18.1 Å². The average Bonchev–Trinajstić information content (AvgIpc) is 3.09. The fourth-order valence-corrected chi connectivity index (χ4v) is 2.54. The van der Waals surface area contributed by atoms with E-state index in [0.29, 0.717) is 0 Å². The summed E-state index contributed by atoms with van der Waals surface area (Å²) in [7, 11) is 0. The number of alkyl halides is 2. The molecule has 0 saturated carbocycles. The number of benzene rings is 1. The normalized spacial score (nSPS) is 14.3. The average molecular weight is 340 g/mol. The fourth-order valence-electron chi connectivity index (χ4n) is 1.87. The predicted octanol–water partition coefficient (Wildman–Crippen LogP) is 2.32. The monoisotopic (exact) mass is 340 g/mol. The quantitative estimate of drug-likeness (QED) is 0.841. The molecule has 2 amide bonds. The SMILES string of the molecule is O=C(NCc1ccsc1)C(=O)Nc1ccc2c(c1)OC(F)(F)O2. The Morgan fingerprint density at radius 1 is 1.13 bits per heavy atom. The van der Waals surface area contributed by atoms with Gasteiger partial charge < -0.3 is 20.1 Å². The summed E-state index contributed by atoms with van der Waals surface area (Å²) in [6.07, 6.45) is -3.73. The second-order valence-electron chi connectivity index (χ2n) is 4.60. The number of halogens is 2. The number of hydrogen-bond acceptors (Lipinski definition) is 5. The molecule has 0 saturated heterocycles. The molecule has 1 aliphatic rings. The van der Waals surface area contributed by atoms with Gasteiger partial charge in [-0.25, -0.2) is 0 Å². The van der Waals surface area contributed by atoms with Crippen LogP contribution < -0.4 is 20.1 Å². The highest BCUT2D eigenvalue weighted by Gasteiger charge is 2.43. The number of carbonyl (C=O) groups excluding carboxylic acids is 2.